The van der Waals surface area contributed by atoms with E-state index in [0.717, 1.165) is 66.9 Å². The highest BCUT2D eigenvalue weighted by molar-refractivity contribution is 5.68. The molecule has 0 bridgehead atoms. The zero-order valence-electron chi connectivity index (χ0n) is 18.5. The van der Waals surface area contributed by atoms with Crippen molar-refractivity contribution >= 4 is 17.2 Å². The second-order valence-electron chi connectivity index (χ2n) is 8.23. The summed E-state index contributed by atoms with van der Waals surface area (Å²) in [7, 11) is 3.86. The first kappa shape index (κ1) is 20.5. The fourth-order valence-corrected chi connectivity index (χ4v) is 4.06. The van der Waals surface area contributed by atoms with Gasteiger partial charge in [0.15, 0.2) is 11.5 Å². The van der Waals surface area contributed by atoms with Gasteiger partial charge in [0.1, 0.15) is 5.75 Å². The first-order chi connectivity index (χ1) is 15.7. The number of aromatic nitrogens is 3. The van der Waals surface area contributed by atoms with Crippen LogP contribution in [-0.4, -0.2) is 64.7 Å². The molecule has 0 aliphatic carbocycles. The maximum atomic E-state index is 5.50. The van der Waals surface area contributed by atoms with Crippen molar-refractivity contribution in [3.8, 4) is 17.0 Å². The van der Waals surface area contributed by atoms with E-state index in [1.165, 1.54) is 5.56 Å². The van der Waals surface area contributed by atoms with Crippen molar-refractivity contribution < 1.29 is 4.74 Å². The number of para-hydroxylation sites is 1. The number of rotatable bonds is 6. The predicted molar refractivity (Wildman–Crippen MR) is 127 cm³/mol. The van der Waals surface area contributed by atoms with Crippen LogP contribution in [0.4, 0.5) is 11.5 Å². The average molecular weight is 429 g/mol. The normalized spacial score (nSPS) is 15.2. The maximum Gasteiger partial charge on any atom is 0.155 e. The Balaban J connectivity index is 1.34. The van der Waals surface area contributed by atoms with Crippen molar-refractivity contribution in [2.75, 3.05) is 45.7 Å². The van der Waals surface area contributed by atoms with Gasteiger partial charge < -0.3 is 15.0 Å². The molecule has 4 aromatic rings. The standard InChI is InChI=1S/C25H28N6O/c1-29-13-15-30(16-14-29)18-19-7-9-20(10-8-19)27-25-17-26-24-12-11-22(28-31(24)25)21-5-3-4-6-23(21)32-2/h3-12,17,27H,13-16,18H2,1-2H3. The Labute approximate surface area is 188 Å². The molecular weight excluding hydrogens is 400 g/mol. The van der Waals surface area contributed by atoms with Gasteiger partial charge in [-0.25, -0.2) is 4.98 Å². The van der Waals surface area contributed by atoms with Gasteiger partial charge in [-0.2, -0.15) is 9.61 Å². The highest BCUT2D eigenvalue weighted by Crippen LogP contribution is 2.29. The van der Waals surface area contributed by atoms with E-state index in [-0.39, 0.29) is 0 Å². The summed E-state index contributed by atoms with van der Waals surface area (Å²) in [6.07, 6.45) is 1.81. The number of nitrogens with one attached hydrogen (secondary N) is 1. The molecule has 0 spiro atoms. The van der Waals surface area contributed by atoms with Crippen LogP contribution in [0, 0.1) is 0 Å². The first-order valence-electron chi connectivity index (χ1n) is 10.9. The number of anilines is 2. The van der Waals surface area contributed by atoms with Crippen LogP contribution in [0.15, 0.2) is 66.9 Å². The molecule has 32 heavy (non-hydrogen) atoms. The monoisotopic (exact) mass is 428 g/mol. The smallest absolute Gasteiger partial charge is 0.155 e. The molecule has 7 nitrogen and oxygen atoms in total. The summed E-state index contributed by atoms with van der Waals surface area (Å²) >= 11 is 0. The van der Waals surface area contributed by atoms with E-state index in [2.05, 4.69) is 51.4 Å². The lowest BCUT2D eigenvalue weighted by atomic mass is 10.1. The molecule has 1 saturated heterocycles. The number of likely N-dealkylation sites (N-methyl/N-ethyl adjacent to an activating group) is 1. The molecule has 2 aromatic heterocycles. The van der Waals surface area contributed by atoms with Crippen molar-refractivity contribution in [1.82, 2.24) is 24.4 Å². The average Bonchev–Trinajstić information content (AvgIpc) is 3.23. The van der Waals surface area contributed by atoms with Crippen LogP contribution in [0.25, 0.3) is 16.9 Å². The minimum atomic E-state index is 0.790. The van der Waals surface area contributed by atoms with Crippen LogP contribution in [0.1, 0.15) is 5.56 Å². The third-order valence-corrected chi connectivity index (χ3v) is 5.97. The number of imidazole rings is 1. The molecule has 1 N–H and O–H groups in total. The van der Waals surface area contributed by atoms with E-state index < -0.39 is 0 Å². The van der Waals surface area contributed by atoms with Crippen LogP contribution in [0.2, 0.25) is 0 Å². The minimum Gasteiger partial charge on any atom is -0.496 e. The van der Waals surface area contributed by atoms with Crippen LogP contribution in [0.5, 0.6) is 5.75 Å². The Morgan fingerprint density at radius 1 is 0.938 bits per heavy atom. The second-order valence-corrected chi connectivity index (χ2v) is 8.23. The van der Waals surface area contributed by atoms with E-state index >= 15 is 0 Å². The molecule has 0 unspecified atom stereocenters. The molecule has 0 radical (unpaired) electrons. The quantitative estimate of drug-likeness (QED) is 0.503. The van der Waals surface area contributed by atoms with Crippen LogP contribution in [-0.2, 0) is 6.54 Å². The molecular formula is C25H28N6O. The van der Waals surface area contributed by atoms with Crippen molar-refractivity contribution in [1.29, 1.82) is 0 Å². The summed E-state index contributed by atoms with van der Waals surface area (Å²) in [5, 5.41) is 8.27. The summed E-state index contributed by atoms with van der Waals surface area (Å²) in [6, 6.07) is 20.5. The fraction of sp³-hybridized carbons (Fsp3) is 0.280. The molecule has 1 aliphatic rings. The van der Waals surface area contributed by atoms with E-state index in [1.807, 2.05) is 47.1 Å². The lowest BCUT2D eigenvalue weighted by molar-refractivity contribution is 0.148. The van der Waals surface area contributed by atoms with Gasteiger partial charge in [-0.15, -0.1) is 0 Å². The first-order valence-corrected chi connectivity index (χ1v) is 10.9. The minimum absolute atomic E-state index is 0.790. The summed E-state index contributed by atoms with van der Waals surface area (Å²) < 4.78 is 7.34. The number of ether oxygens (including phenoxy) is 1. The largest absolute Gasteiger partial charge is 0.496 e. The molecule has 3 heterocycles. The number of benzene rings is 2. The van der Waals surface area contributed by atoms with Crippen LogP contribution in [0.3, 0.4) is 0 Å². The zero-order valence-corrected chi connectivity index (χ0v) is 18.5. The lowest BCUT2D eigenvalue weighted by Crippen LogP contribution is -2.43. The molecule has 164 valence electrons. The lowest BCUT2D eigenvalue weighted by Gasteiger charge is -2.32. The number of fused-ring (bicyclic) bond motifs is 1. The summed E-state index contributed by atoms with van der Waals surface area (Å²) in [6.45, 7) is 5.51. The van der Waals surface area contributed by atoms with Gasteiger partial charge in [0.2, 0.25) is 0 Å². The van der Waals surface area contributed by atoms with Crippen LogP contribution < -0.4 is 10.1 Å². The fourth-order valence-electron chi connectivity index (χ4n) is 4.06. The van der Waals surface area contributed by atoms with E-state index in [9.17, 15) is 0 Å². The number of nitrogens with zero attached hydrogens (tertiary/aromatic N) is 5. The van der Waals surface area contributed by atoms with Crippen molar-refractivity contribution in [3.05, 3.63) is 72.4 Å². The zero-order chi connectivity index (χ0) is 21.9. The molecule has 7 heteroatoms. The van der Waals surface area contributed by atoms with Gasteiger partial charge in [0.05, 0.1) is 19.0 Å². The Morgan fingerprint density at radius 3 is 2.50 bits per heavy atom. The van der Waals surface area contributed by atoms with Gasteiger partial charge in [-0.1, -0.05) is 24.3 Å². The molecule has 1 fully saturated rings. The van der Waals surface area contributed by atoms with E-state index in [0.29, 0.717) is 0 Å². The molecule has 0 amide bonds. The van der Waals surface area contributed by atoms with Crippen molar-refractivity contribution in [2.45, 2.75) is 6.54 Å². The maximum absolute atomic E-state index is 5.50. The summed E-state index contributed by atoms with van der Waals surface area (Å²) in [5.41, 5.74) is 4.91. The predicted octanol–water partition coefficient (Wildman–Crippen LogP) is 3.90. The van der Waals surface area contributed by atoms with Gasteiger partial charge >= 0.3 is 0 Å². The van der Waals surface area contributed by atoms with E-state index in [4.69, 9.17) is 9.84 Å². The number of piperazine rings is 1. The van der Waals surface area contributed by atoms with Gasteiger partial charge in [-0.05, 0) is 49.0 Å². The highest BCUT2D eigenvalue weighted by atomic mass is 16.5. The van der Waals surface area contributed by atoms with Gasteiger partial charge in [-0.3, -0.25) is 4.90 Å². The topological polar surface area (TPSA) is 57.9 Å². The Morgan fingerprint density at radius 2 is 1.72 bits per heavy atom. The third kappa shape index (κ3) is 4.30. The van der Waals surface area contributed by atoms with Gasteiger partial charge in [0, 0.05) is 44.0 Å². The Bertz CT molecular complexity index is 1190. The van der Waals surface area contributed by atoms with Crippen molar-refractivity contribution in [3.63, 3.8) is 0 Å². The Kier molecular flexibility index (Phi) is 5.75. The molecule has 1 aliphatic heterocycles. The number of hydrogen-bond donors (Lipinski definition) is 1. The Hall–Kier alpha value is -3.42. The number of hydrogen-bond acceptors (Lipinski definition) is 6. The molecule has 0 saturated carbocycles. The summed E-state index contributed by atoms with van der Waals surface area (Å²) in [5.74, 6) is 1.62. The third-order valence-electron chi connectivity index (χ3n) is 5.97. The van der Waals surface area contributed by atoms with Crippen LogP contribution >= 0.6 is 0 Å². The van der Waals surface area contributed by atoms with E-state index in [1.54, 1.807) is 7.11 Å². The van der Waals surface area contributed by atoms with Crippen molar-refractivity contribution in [2.24, 2.45) is 0 Å². The number of methoxy groups -OCH3 is 1. The SMILES string of the molecule is COc1ccccc1-c1ccc2ncc(Nc3ccc(CN4CCN(C)CC4)cc3)n2n1. The second kappa shape index (κ2) is 8.98. The molecule has 0 atom stereocenters. The highest BCUT2D eigenvalue weighted by Gasteiger charge is 2.14. The summed E-state index contributed by atoms with van der Waals surface area (Å²) in [4.78, 5) is 9.38. The van der Waals surface area contributed by atoms with Gasteiger partial charge in [0.25, 0.3) is 0 Å². The molecule has 2 aromatic carbocycles. The molecule has 5 rings (SSSR count).